The molecule has 0 amide bonds. The average molecular weight is 429 g/mol. The first-order valence-corrected chi connectivity index (χ1v) is 8.34. The number of aliphatic imine (C=N–C) groups is 1. The van der Waals surface area contributed by atoms with E-state index in [0.29, 0.717) is 18.2 Å². The van der Waals surface area contributed by atoms with E-state index < -0.39 is 0 Å². The number of hydrogen-bond donors (Lipinski definition) is 2. The zero-order valence-corrected chi connectivity index (χ0v) is 16.6. The fourth-order valence-corrected chi connectivity index (χ4v) is 3.70. The Hall–Kier alpha value is -0.820. The smallest absolute Gasteiger partial charge is 0.191 e. The van der Waals surface area contributed by atoms with Gasteiger partial charge < -0.3 is 15.4 Å². The highest BCUT2D eigenvalue weighted by Crippen LogP contribution is 2.34. The summed E-state index contributed by atoms with van der Waals surface area (Å²) in [5, 5.41) is 6.95. The Bertz CT molecular complexity index is 541. The molecule has 2 saturated heterocycles. The maximum absolute atomic E-state index is 5.89. The van der Waals surface area contributed by atoms with Crippen molar-refractivity contribution < 1.29 is 4.74 Å². The van der Waals surface area contributed by atoms with E-state index in [1.54, 1.807) is 0 Å². The predicted molar refractivity (Wildman–Crippen MR) is 106 cm³/mol. The van der Waals surface area contributed by atoms with Gasteiger partial charge in [0.15, 0.2) is 5.96 Å². The molecule has 4 nitrogen and oxygen atoms in total. The van der Waals surface area contributed by atoms with E-state index in [1.807, 2.05) is 7.05 Å². The quantitative estimate of drug-likeness (QED) is 0.440. The summed E-state index contributed by atoms with van der Waals surface area (Å²) < 4.78 is 5.89. The number of guanidine groups is 1. The summed E-state index contributed by atoms with van der Waals surface area (Å²) in [5.41, 5.74) is 4.04. The van der Waals surface area contributed by atoms with Crippen molar-refractivity contribution in [3.63, 3.8) is 0 Å². The van der Waals surface area contributed by atoms with Crippen molar-refractivity contribution in [2.24, 2.45) is 4.99 Å². The monoisotopic (exact) mass is 429 g/mol. The van der Waals surface area contributed by atoms with Crippen LogP contribution in [-0.4, -0.2) is 37.8 Å². The molecule has 0 spiro atoms. The molecule has 3 unspecified atom stereocenters. The van der Waals surface area contributed by atoms with Crippen LogP contribution in [-0.2, 0) is 11.2 Å². The number of halogens is 1. The van der Waals surface area contributed by atoms with E-state index in [-0.39, 0.29) is 24.0 Å². The fourth-order valence-electron chi connectivity index (χ4n) is 3.70. The standard InChI is InChI=1S/C18H27N3O.HI/c1-12-8-13(2)10-14(9-12)6-7-20-18(19-3)21-16-11-15-4-5-17(16)22-15;/h8-10,15-17H,4-7,11H2,1-3H3,(H2,19,20,21);1H. The van der Waals surface area contributed by atoms with Crippen LogP contribution in [0.3, 0.4) is 0 Å². The number of benzene rings is 1. The summed E-state index contributed by atoms with van der Waals surface area (Å²) in [7, 11) is 1.83. The summed E-state index contributed by atoms with van der Waals surface area (Å²) in [6.07, 6.45) is 5.38. The molecule has 2 bridgehead atoms. The van der Waals surface area contributed by atoms with E-state index in [0.717, 1.165) is 25.3 Å². The molecule has 0 aromatic heterocycles. The van der Waals surface area contributed by atoms with Crippen LogP contribution in [0.25, 0.3) is 0 Å². The Morgan fingerprint density at radius 2 is 1.96 bits per heavy atom. The van der Waals surface area contributed by atoms with Crippen molar-refractivity contribution >= 4 is 29.9 Å². The van der Waals surface area contributed by atoms with E-state index in [2.05, 4.69) is 47.7 Å². The first-order valence-electron chi connectivity index (χ1n) is 8.34. The van der Waals surface area contributed by atoms with Crippen LogP contribution in [0.1, 0.15) is 36.0 Å². The lowest BCUT2D eigenvalue weighted by Crippen LogP contribution is -2.47. The molecule has 2 heterocycles. The van der Waals surface area contributed by atoms with Crippen molar-refractivity contribution in [2.45, 2.75) is 57.8 Å². The minimum Gasteiger partial charge on any atom is -0.373 e. The molecule has 128 valence electrons. The third-order valence-corrected chi connectivity index (χ3v) is 4.64. The molecular formula is C18H28IN3O. The summed E-state index contributed by atoms with van der Waals surface area (Å²) in [6, 6.07) is 7.15. The third kappa shape index (κ3) is 4.83. The Morgan fingerprint density at radius 1 is 1.22 bits per heavy atom. The SMILES string of the molecule is CN=C(NCCc1cc(C)cc(C)c1)NC1CC2CCC1O2.I. The molecule has 0 saturated carbocycles. The van der Waals surface area contributed by atoms with E-state index >= 15 is 0 Å². The number of fused-ring (bicyclic) bond motifs is 2. The normalized spacial score (nSPS) is 26.0. The summed E-state index contributed by atoms with van der Waals surface area (Å²) in [4.78, 5) is 4.34. The lowest BCUT2D eigenvalue weighted by Gasteiger charge is -2.22. The van der Waals surface area contributed by atoms with Crippen LogP contribution in [0.15, 0.2) is 23.2 Å². The van der Waals surface area contributed by atoms with Gasteiger partial charge in [0, 0.05) is 13.6 Å². The van der Waals surface area contributed by atoms with Gasteiger partial charge in [-0.25, -0.2) is 0 Å². The molecule has 3 rings (SSSR count). The molecule has 0 aliphatic carbocycles. The van der Waals surface area contributed by atoms with Crippen LogP contribution in [0.4, 0.5) is 0 Å². The van der Waals surface area contributed by atoms with Gasteiger partial charge in [0.2, 0.25) is 0 Å². The van der Waals surface area contributed by atoms with Crippen LogP contribution in [0, 0.1) is 13.8 Å². The first kappa shape index (κ1) is 18.5. The molecule has 23 heavy (non-hydrogen) atoms. The number of aryl methyl sites for hydroxylation is 2. The van der Waals surface area contributed by atoms with Crippen molar-refractivity contribution in [3.05, 3.63) is 34.9 Å². The second kappa shape index (κ2) is 8.33. The number of nitrogens with zero attached hydrogens (tertiary/aromatic N) is 1. The van der Waals surface area contributed by atoms with E-state index in [4.69, 9.17) is 4.74 Å². The van der Waals surface area contributed by atoms with Gasteiger partial charge in [-0.1, -0.05) is 29.3 Å². The van der Waals surface area contributed by atoms with Crippen LogP contribution >= 0.6 is 24.0 Å². The maximum Gasteiger partial charge on any atom is 0.191 e. The number of ether oxygens (including phenoxy) is 1. The highest BCUT2D eigenvalue weighted by Gasteiger charge is 2.41. The molecular weight excluding hydrogens is 401 g/mol. The average Bonchev–Trinajstić information content (AvgIpc) is 3.07. The molecule has 2 N–H and O–H groups in total. The molecule has 5 heteroatoms. The second-order valence-corrected chi connectivity index (χ2v) is 6.61. The molecule has 2 fully saturated rings. The topological polar surface area (TPSA) is 45.7 Å². The Labute approximate surface area is 156 Å². The predicted octanol–water partition coefficient (Wildman–Crippen LogP) is 2.95. The molecule has 1 aromatic rings. The van der Waals surface area contributed by atoms with Gasteiger partial charge in [0.1, 0.15) is 0 Å². The van der Waals surface area contributed by atoms with Crippen LogP contribution < -0.4 is 10.6 Å². The van der Waals surface area contributed by atoms with Gasteiger partial charge in [-0.3, -0.25) is 4.99 Å². The molecule has 1 aromatic carbocycles. The molecule has 2 aliphatic rings. The Kier molecular flexibility index (Phi) is 6.71. The number of hydrogen-bond acceptors (Lipinski definition) is 2. The highest BCUT2D eigenvalue weighted by atomic mass is 127. The van der Waals surface area contributed by atoms with Gasteiger partial charge in [-0.2, -0.15) is 0 Å². The largest absolute Gasteiger partial charge is 0.373 e. The molecule has 0 radical (unpaired) electrons. The van der Waals surface area contributed by atoms with Gasteiger partial charge in [-0.15, -0.1) is 24.0 Å². The van der Waals surface area contributed by atoms with Gasteiger partial charge in [-0.05, 0) is 45.1 Å². The summed E-state index contributed by atoms with van der Waals surface area (Å²) in [5.74, 6) is 0.894. The van der Waals surface area contributed by atoms with Gasteiger partial charge in [0.05, 0.1) is 18.2 Å². The number of nitrogens with one attached hydrogen (secondary N) is 2. The van der Waals surface area contributed by atoms with Crippen molar-refractivity contribution in [1.29, 1.82) is 0 Å². The lowest BCUT2D eigenvalue weighted by atomic mass is 9.96. The van der Waals surface area contributed by atoms with E-state index in [1.165, 1.54) is 29.5 Å². The second-order valence-electron chi connectivity index (χ2n) is 6.61. The Morgan fingerprint density at radius 3 is 2.52 bits per heavy atom. The van der Waals surface area contributed by atoms with Crippen LogP contribution in [0.5, 0.6) is 0 Å². The fraction of sp³-hybridized carbons (Fsp3) is 0.611. The maximum atomic E-state index is 5.89. The highest BCUT2D eigenvalue weighted by molar-refractivity contribution is 14.0. The van der Waals surface area contributed by atoms with E-state index in [9.17, 15) is 0 Å². The van der Waals surface area contributed by atoms with Crippen molar-refractivity contribution in [3.8, 4) is 0 Å². The van der Waals surface area contributed by atoms with Crippen LogP contribution in [0.2, 0.25) is 0 Å². The minimum absolute atomic E-state index is 0. The van der Waals surface area contributed by atoms with Gasteiger partial charge >= 0.3 is 0 Å². The summed E-state index contributed by atoms with van der Waals surface area (Å²) >= 11 is 0. The van der Waals surface area contributed by atoms with Gasteiger partial charge in [0.25, 0.3) is 0 Å². The summed E-state index contributed by atoms with van der Waals surface area (Å²) in [6.45, 7) is 5.20. The zero-order valence-electron chi connectivity index (χ0n) is 14.3. The third-order valence-electron chi connectivity index (χ3n) is 4.64. The zero-order chi connectivity index (χ0) is 15.5. The van der Waals surface area contributed by atoms with Crippen molar-refractivity contribution in [2.75, 3.05) is 13.6 Å². The number of rotatable bonds is 4. The Balaban J connectivity index is 0.00000192. The molecule has 2 aliphatic heterocycles. The molecule has 3 atom stereocenters. The minimum atomic E-state index is 0. The lowest BCUT2D eigenvalue weighted by molar-refractivity contribution is 0.0992. The van der Waals surface area contributed by atoms with Crippen molar-refractivity contribution in [1.82, 2.24) is 10.6 Å². The first-order chi connectivity index (χ1) is 10.6.